The molecule has 1 amide bonds. The topological polar surface area (TPSA) is 51.7 Å². The summed E-state index contributed by atoms with van der Waals surface area (Å²) in [5.74, 6) is 1.29. The minimum Gasteiger partial charge on any atom is -0.490 e. The van der Waals surface area contributed by atoms with Gasteiger partial charge in [0.25, 0.3) is 5.91 Å². The van der Waals surface area contributed by atoms with Gasteiger partial charge in [0, 0.05) is 18.0 Å². The number of hydrogen-bond acceptors (Lipinski definition) is 5. The zero-order chi connectivity index (χ0) is 16.4. The Morgan fingerprint density at radius 3 is 3.00 bits per heavy atom. The third-order valence-electron chi connectivity index (χ3n) is 3.48. The number of anilines is 1. The molecule has 2 aromatic rings. The Morgan fingerprint density at radius 2 is 2.30 bits per heavy atom. The highest BCUT2D eigenvalue weighted by Crippen LogP contribution is 2.36. The molecule has 3 rings (SSSR count). The molecular formula is C17H18N2O3S. The number of rotatable bonds is 4. The second-order valence-corrected chi connectivity index (χ2v) is 6.04. The third-order valence-corrected chi connectivity index (χ3v) is 4.52. The van der Waals surface area contributed by atoms with Gasteiger partial charge in [0.15, 0.2) is 16.6 Å². The number of ether oxygens (including phenoxy) is 2. The second-order valence-electron chi connectivity index (χ2n) is 5.20. The number of nitrogens with zero attached hydrogens (tertiary/aromatic N) is 2. The van der Waals surface area contributed by atoms with Gasteiger partial charge in [-0.1, -0.05) is 12.1 Å². The highest BCUT2D eigenvalue weighted by Gasteiger charge is 2.24. The monoisotopic (exact) mass is 330 g/mol. The highest BCUT2D eigenvalue weighted by molar-refractivity contribution is 7.14. The van der Waals surface area contributed by atoms with Gasteiger partial charge in [-0.2, -0.15) is 0 Å². The average Bonchev–Trinajstić information content (AvgIpc) is 3.00. The lowest BCUT2D eigenvalue weighted by Gasteiger charge is -2.22. The largest absolute Gasteiger partial charge is 0.490 e. The minimum atomic E-state index is -0.105. The van der Waals surface area contributed by atoms with Crippen LogP contribution in [0.15, 0.2) is 29.2 Å². The van der Waals surface area contributed by atoms with Crippen LogP contribution in [0, 0.1) is 6.92 Å². The molecule has 1 aromatic heterocycles. The molecule has 6 heteroatoms. The van der Waals surface area contributed by atoms with Crippen molar-refractivity contribution in [2.45, 2.75) is 13.8 Å². The molecule has 2 heterocycles. The molecule has 1 aliphatic heterocycles. The molecule has 0 fully saturated rings. The van der Waals surface area contributed by atoms with E-state index in [4.69, 9.17) is 9.47 Å². The van der Waals surface area contributed by atoms with Crippen molar-refractivity contribution in [1.29, 1.82) is 0 Å². The summed E-state index contributed by atoms with van der Waals surface area (Å²) in [6.45, 7) is 4.64. The van der Waals surface area contributed by atoms with Crippen LogP contribution in [0.5, 0.6) is 11.5 Å². The third kappa shape index (κ3) is 3.07. The molecule has 0 spiro atoms. The van der Waals surface area contributed by atoms with Crippen molar-refractivity contribution in [2.75, 3.05) is 25.2 Å². The van der Waals surface area contributed by atoms with E-state index in [9.17, 15) is 4.79 Å². The number of para-hydroxylation sites is 1. The van der Waals surface area contributed by atoms with Crippen molar-refractivity contribution in [3.63, 3.8) is 0 Å². The Kier molecular flexibility index (Phi) is 4.34. The zero-order valence-corrected chi connectivity index (χ0v) is 14.1. The molecule has 23 heavy (non-hydrogen) atoms. The maximum Gasteiger partial charge on any atom is 0.259 e. The number of hydrogen-bond donors (Lipinski definition) is 0. The molecular weight excluding hydrogens is 312 g/mol. The van der Waals surface area contributed by atoms with E-state index in [1.165, 1.54) is 11.3 Å². The molecule has 0 bridgehead atoms. The van der Waals surface area contributed by atoms with Crippen LogP contribution >= 0.6 is 11.3 Å². The van der Waals surface area contributed by atoms with Gasteiger partial charge in [-0.25, -0.2) is 4.98 Å². The van der Waals surface area contributed by atoms with Gasteiger partial charge in [-0.15, -0.1) is 11.3 Å². The van der Waals surface area contributed by atoms with Crippen LogP contribution in [-0.4, -0.2) is 31.2 Å². The van der Waals surface area contributed by atoms with Crippen molar-refractivity contribution >= 4 is 28.5 Å². The highest BCUT2D eigenvalue weighted by atomic mass is 32.1. The maximum absolute atomic E-state index is 12.6. The van der Waals surface area contributed by atoms with E-state index >= 15 is 0 Å². The van der Waals surface area contributed by atoms with Crippen molar-refractivity contribution in [3.05, 3.63) is 40.4 Å². The number of aromatic nitrogens is 1. The molecule has 1 aromatic carbocycles. The Bertz CT molecular complexity index is 767. The van der Waals surface area contributed by atoms with Crippen LogP contribution in [0.2, 0.25) is 0 Å². The number of fused-ring (bicyclic) bond motifs is 1. The molecule has 1 aliphatic rings. The number of benzene rings is 1. The first kappa shape index (κ1) is 15.6. The van der Waals surface area contributed by atoms with Gasteiger partial charge in [0.1, 0.15) is 6.61 Å². The van der Waals surface area contributed by atoms with E-state index in [-0.39, 0.29) is 12.5 Å². The smallest absolute Gasteiger partial charge is 0.259 e. The van der Waals surface area contributed by atoms with Crippen LogP contribution in [0.1, 0.15) is 18.2 Å². The summed E-state index contributed by atoms with van der Waals surface area (Å²) in [5, 5.41) is 2.61. The summed E-state index contributed by atoms with van der Waals surface area (Å²) < 4.78 is 11.3. The lowest BCUT2D eigenvalue weighted by molar-refractivity contribution is -0.115. The van der Waals surface area contributed by atoms with Crippen LogP contribution < -0.4 is 14.4 Å². The molecule has 0 atom stereocenters. The van der Waals surface area contributed by atoms with Crippen LogP contribution in [0.4, 0.5) is 5.13 Å². The molecule has 0 saturated carbocycles. The minimum absolute atomic E-state index is 0.105. The van der Waals surface area contributed by atoms with E-state index in [0.29, 0.717) is 28.8 Å². The quantitative estimate of drug-likeness (QED) is 0.863. The second kappa shape index (κ2) is 6.42. The van der Waals surface area contributed by atoms with Gasteiger partial charge >= 0.3 is 0 Å². The maximum atomic E-state index is 12.6. The molecule has 0 aliphatic carbocycles. The number of aryl methyl sites for hydroxylation is 1. The van der Waals surface area contributed by atoms with Gasteiger partial charge < -0.3 is 9.47 Å². The van der Waals surface area contributed by atoms with Crippen molar-refractivity contribution in [3.8, 4) is 11.5 Å². The lowest BCUT2D eigenvalue weighted by atomic mass is 10.1. The van der Waals surface area contributed by atoms with Gasteiger partial charge in [-0.3, -0.25) is 9.69 Å². The predicted molar refractivity (Wildman–Crippen MR) is 91.3 cm³/mol. The average molecular weight is 330 g/mol. The van der Waals surface area contributed by atoms with Crippen molar-refractivity contribution in [1.82, 2.24) is 4.98 Å². The van der Waals surface area contributed by atoms with Crippen LogP contribution in [-0.2, 0) is 4.79 Å². The number of likely N-dealkylation sites (N-methyl/N-ethyl adjacent to an activating group) is 1. The summed E-state index contributed by atoms with van der Waals surface area (Å²) in [7, 11) is 1.73. The lowest BCUT2D eigenvalue weighted by Crippen LogP contribution is -2.30. The number of thiazole rings is 1. The first-order chi connectivity index (χ1) is 11.1. The molecule has 0 radical (unpaired) electrons. The number of amides is 1. The first-order valence-electron chi connectivity index (χ1n) is 7.39. The first-order valence-corrected chi connectivity index (χ1v) is 8.27. The molecule has 0 unspecified atom stereocenters. The summed E-state index contributed by atoms with van der Waals surface area (Å²) in [6, 6.07) is 5.68. The van der Waals surface area contributed by atoms with Gasteiger partial charge in [0.05, 0.1) is 17.9 Å². The number of carbonyl (C=O) groups excluding carboxylic acids is 1. The summed E-state index contributed by atoms with van der Waals surface area (Å²) in [4.78, 5) is 18.5. The summed E-state index contributed by atoms with van der Waals surface area (Å²) in [6.07, 6.45) is 1.86. The van der Waals surface area contributed by atoms with E-state index in [1.54, 1.807) is 11.9 Å². The Morgan fingerprint density at radius 1 is 1.48 bits per heavy atom. The number of carbonyl (C=O) groups is 1. The van der Waals surface area contributed by atoms with Crippen molar-refractivity contribution < 1.29 is 14.3 Å². The summed E-state index contributed by atoms with van der Waals surface area (Å²) in [5.41, 5.74) is 2.36. The van der Waals surface area contributed by atoms with E-state index in [0.717, 1.165) is 11.3 Å². The Balaban J connectivity index is 1.87. The van der Waals surface area contributed by atoms with Crippen LogP contribution in [0.25, 0.3) is 6.08 Å². The fourth-order valence-corrected chi connectivity index (χ4v) is 3.14. The SMILES string of the molecule is CCOc1cccc2c1OCC(C(=O)N(C)c1nc(C)cs1)=C2. The fraction of sp³-hybridized carbons (Fsp3) is 0.294. The van der Waals surface area contributed by atoms with Gasteiger partial charge in [0.2, 0.25) is 0 Å². The standard InChI is InChI=1S/C17H18N2O3S/c1-4-21-14-7-5-6-12-8-13(9-22-15(12)14)16(20)19(3)17-18-11(2)10-23-17/h5-8,10H,4,9H2,1-3H3. The van der Waals surface area contributed by atoms with Crippen LogP contribution in [0.3, 0.4) is 0 Å². The Hall–Kier alpha value is -2.34. The summed E-state index contributed by atoms with van der Waals surface area (Å²) >= 11 is 1.45. The normalized spacial score (nSPS) is 12.9. The molecule has 120 valence electrons. The van der Waals surface area contributed by atoms with E-state index in [1.807, 2.05) is 43.5 Å². The fourth-order valence-electron chi connectivity index (χ4n) is 2.37. The van der Waals surface area contributed by atoms with E-state index in [2.05, 4.69) is 4.98 Å². The van der Waals surface area contributed by atoms with Crippen molar-refractivity contribution in [2.24, 2.45) is 0 Å². The predicted octanol–water partition coefficient (Wildman–Crippen LogP) is 3.29. The zero-order valence-electron chi connectivity index (χ0n) is 13.3. The molecule has 0 N–H and O–H groups in total. The van der Waals surface area contributed by atoms with Gasteiger partial charge in [-0.05, 0) is 26.0 Å². The van der Waals surface area contributed by atoms with E-state index < -0.39 is 0 Å². The molecule has 0 saturated heterocycles. The Labute approximate surface area is 139 Å². The molecule has 5 nitrogen and oxygen atoms in total.